The molecule has 3 amide bonds. The summed E-state index contributed by atoms with van der Waals surface area (Å²) >= 11 is 6.66. The average molecular weight is 438 g/mol. The molecule has 3 rings (SSSR count). The summed E-state index contributed by atoms with van der Waals surface area (Å²) in [4.78, 5) is 50.1. The van der Waals surface area contributed by atoms with E-state index in [1.54, 1.807) is 6.92 Å². The van der Waals surface area contributed by atoms with Gasteiger partial charge in [0.25, 0.3) is 0 Å². The number of nitrogens with one attached hydrogen (secondary N) is 2. The summed E-state index contributed by atoms with van der Waals surface area (Å²) in [5.74, 6) is -1.70. The molecule has 156 valence electrons. The number of carbonyl (C=O) groups is 4. The fraction of sp³-hybridized carbons (Fsp3) is 0.526. The lowest BCUT2D eigenvalue weighted by Gasteiger charge is -2.14. The third kappa shape index (κ3) is 4.99. The Morgan fingerprint density at radius 2 is 1.79 bits per heavy atom. The Balaban J connectivity index is 1.70. The molecule has 2 heterocycles. The van der Waals surface area contributed by atoms with E-state index in [2.05, 4.69) is 10.6 Å². The molecular formula is C19H23N3O5S2. The molecule has 1 aromatic rings. The van der Waals surface area contributed by atoms with Crippen molar-refractivity contribution in [3.63, 3.8) is 0 Å². The fourth-order valence-electron chi connectivity index (χ4n) is 3.49. The smallest absolute Gasteiger partial charge is 0.341 e. The van der Waals surface area contributed by atoms with Crippen LogP contribution in [0.25, 0.3) is 0 Å². The number of amides is 3. The third-order valence-electron chi connectivity index (χ3n) is 4.84. The van der Waals surface area contributed by atoms with Gasteiger partial charge in [0.15, 0.2) is 5.11 Å². The van der Waals surface area contributed by atoms with Crippen LogP contribution in [0.2, 0.25) is 0 Å². The highest BCUT2D eigenvalue weighted by molar-refractivity contribution is 7.80. The standard InChI is InChI=1S/C19H23N3O5S2/c1-2-27-18(26)16-11-6-4-3-5-7-12(11)29-17(16)21-19(28)20-13(23)10-22-14(24)8-9-15(22)25/h2-10H2,1H3,(H2,20,21,23,28). The van der Waals surface area contributed by atoms with Gasteiger partial charge in [-0.05, 0) is 50.4 Å². The van der Waals surface area contributed by atoms with E-state index in [-0.39, 0.29) is 42.9 Å². The number of fused-ring (bicyclic) bond motifs is 1. The molecule has 1 fully saturated rings. The van der Waals surface area contributed by atoms with Crippen LogP contribution in [0.1, 0.15) is 59.8 Å². The normalized spacial score (nSPS) is 16.2. The quantitative estimate of drug-likeness (QED) is 0.315. The Labute approximate surface area is 178 Å². The van der Waals surface area contributed by atoms with Gasteiger partial charge in [-0.2, -0.15) is 0 Å². The summed E-state index contributed by atoms with van der Waals surface area (Å²) in [6.45, 7) is 1.65. The molecular weight excluding hydrogens is 414 g/mol. The number of thiophene rings is 1. The highest BCUT2D eigenvalue weighted by atomic mass is 32.1. The molecule has 2 N–H and O–H groups in total. The van der Waals surface area contributed by atoms with E-state index in [9.17, 15) is 19.2 Å². The maximum Gasteiger partial charge on any atom is 0.341 e. The molecule has 10 heteroatoms. The van der Waals surface area contributed by atoms with Crippen molar-refractivity contribution >= 4 is 57.4 Å². The molecule has 1 aliphatic heterocycles. The zero-order chi connectivity index (χ0) is 21.0. The number of aryl methyl sites for hydroxylation is 1. The van der Waals surface area contributed by atoms with E-state index in [0.29, 0.717) is 10.6 Å². The van der Waals surface area contributed by atoms with Gasteiger partial charge in [0, 0.05) is 17.7 Å². The maximum absolute atomic E-state index is 12.5. The minimum Gasteiger partial charge on any atom is -0.462 e. The molecule has 0 radical (unpaired) electrons. The number of carbonyl (C=O) groups excluding carboxylic acids is 4. The number of likely N-dealkylation sites (tertiary alicyclic amines) is 1. The molecule has 29 heavy (non-hydrogen) atoms. The van der Waals surface area contributed by atoms with Gasteiger partial charge >= 0.3 is 5.97 Å². The lowest BCUT2D eigenvalue weighted by atomic mass is 10.1. The average Bonchev–Trinajstić information content (AvgIpc) is 3.05. The molecule has 1 saturated heterocycles. The third-order valence-corrected chi connectivity index (χ3v) is 6.25. The van der Waals surface area contributed by atoms with Gasteiger partial charge in [-0.25, -0.2) is 4.79 Å². The second-order valence-electron chi connectivity index (χ2n) is 6.86. The number of esters is 1. The molecule has 0 bridgehead atoms. The molecule has 1 aliphatic carbocycles. The van der Waals surface area contributed by atoms with E-state index in [1.807, 2.05) is 0 Å². The van der Waals surface area contributed by atoms with Crippen molar-refractivity contribution in [2.45, 2.75) is 51.9 Å². The number of imide groups is 1. The van der Waals surface area contributed by atoms with Crippen LogP contribution >= 0.6 is 23.6 Å². The van der Waals surface area contributed by atoms with Crippen LogP contribution < -0.4 is 10.6 Å². The van der Waals surface area contributed by atoms with Crippen molar-refractivity contribution < 1.29 is 23.9 Å². The zero-order valence-corrected chi connectivity index (χ0v) is 17.8. The molecule has 0 aromatic carbocycles. The van der Waals surface area contributed by atoms with E-state index in [1.165, 1.54) is 11.3 Å². The van der Waals surface area contributed by atoms with Crippen LogP contribution in [0.4, 0.5) is 5.00 Å². The Morgan fingerprint density at radius 3 is 2.48 bits per heavy atom. The number of anilines is 1. The van der Waals surface area contributed by atoms with Gasteiger partial charge < -0.3 is 15.4 Å². The van der Waals surface area contributed by atoms with E-state index < -0.39 is 11.9 Å². The Kier molecular flexibility index (Phi) is 6.96. The minimum atomic E-state index is -0.568. The molecule has 0 atom stereocenters. The highest BCUT2D eigenvalue weighted by Crippen LogP contribution is 2.38. The van der Waals surface area contributed by atoms with Crippen molar-refractivity contribution in [1.82, 2.24) is 10.2 Å². The summed E-state index contributed by atoms with van der Waals surface area (Å²) in [5.41, 5.74) is 1.48. The number of nitrogens with zero attached hydrogens (tertiary/aromatic N) is 1. The second kappa shape index (κ2) is 9.45. The second-order valence-corrected chi connectivity index (χ2v) is 8.38. The molecule has 8 nitrogen and oxygen atoms in total. The van der Waals surface area contributed by atoms with Gasteiger partial charge in [0.2, 0.25) is 17.7 Å². The van der Waals surface area contributed by atoms with Crippen molar-refractivity contribution in [2.75, 3.05) is 18.5 Å². The molecule has 0 unspecified atom stereocenters. The summed E-state index contributed by atoms with van der Waals surface area (Å²) in [5, 5.41) is 5.97. The molecule has 0 saturated carbocycles. The predicted molar refractivity (Wildman–Crippen MR) is 112 cm³/mol. The van der Waals surface area contributed by atoms with Crippen LogP contribution in [-0.2, 0) is 32.0 Å². The first-order valence-corrected chi connectivity index (χ1v) is 10.9. The predicted octanol–water partition coefficient (Wildman–Crippen LogP) is 2.16. The SMILES string of the molecule is CCOC(=O)c1c(NC(=S)NC(=O)CN2C(=O)CCC2=O)sc2c1CCCCC2. The van der Waals surface area contributed by atoms with Crippen molar-refractivity contribution in [2.24, 2.45) is 0 Å². The van der Waals surface area contributed by atoms with Crippen LogP contribution in [0, 0.1) is 0 Å². The number of thiocarbonyl (C=S) groups is 1. The van der Waals surface area contributed by atoms with E-state index in [0.717, 1.165) is 47.4 Å². The first-order valence-electron chi connectivity index (χ1n) is 9.66. The van der Waals surface area contributed by atoms with Crippen molar-refractivity contribution in [3.05, 3.63) is 16.0 Å². The van der Waals surface area contributed by atoms with Crippen LogP contribution in [0.5, 0.6) is 0 Å². The monoisotopic (exact) mass is 437 g/mol. The molecule has 0 spiro atoms. The Bertz CT molecular complexity index is 848. The van der Waals surface area contributed by atoms with Gasteiger partial charge in [-0.3, -0.25) is 19.3 Å². The van der Waals surface area contributed by atoms with Gasteiger partial charge in [-0.1, -0.05) is 6.42 Å². The number of hydrogen-bond acceptors (Lipinski definition) is 7. The van der Waals surface area contributed by atoms with E-state index >= 15 is 0 Å². The van der Waals surface area contributed by atoms with Crippen molar-refractivity contribution in [3.8, 4) is 0 Å². The zero-order valence-electron chi connectivity index (χ0n) is 16.2. The fourth-order valence-corrected chi connectivity index (χ4v) is 5.06. The minimum absolute atomic E-state index is 0.0102. The van der Waals surface area contributed by atoms with Crippen LogP contribution in [-0.4, -0.2) is 46.9 Å². The number of ether oxygens (including phenoxy) is 1. The van der Waals surface area contributed by atoms with Crippen LogP contribution in [0.3, 0.4) is 0 Å². The van der Waals surface area contributed by atoms with Gasteiger partial charge in [-0.15, -0.1) is 11.3 Å². The first kappa shape index (κ1) is 21.4. The Hall–Kier alpha value is -2.33. The van der Waals surface area contributed by atoms with Crippen LogP contribution in [0.15, 0.2) is 0 Å². The Morgan fingerprint density at radius 1 is 1.10 bits per heavy atom. The first-order chi connectivity index (χ1) is 13.9. The van der Waals surface area contributed by atoms with Gasteiger partial charge in [0.1, 0.15) is 11.5 Å². The lowest BCUT2D eigenvalue weighted by Crippen LogP contribution is -2.43. The van der Waals surface area contributed by atoms with Crippen molar-refractivity contribution in [1.29, 1.82) is 0 Å². The summed E-state index contributed by atoms with van der Waals surface area (Å²) in [6, 6.07) is 0. The molecule has 2 aliphatic rings. The number of hydrogen-bond donors (Lipinski definition) is 2. The van der Waals surface area contributed by atoms with E-state index in [4.69, 9.17) is 17.0 Å². The topological polar surface area (TPSA) is 105 Å². The lowest BCUT2D eigenvalue weighted by molar-refractivity contribution is -0.142. The largest absolute Gasteiger partial charge is 0.462 e. The highest BCUT2D eigenvalue weighted by Gasteiger charge is 2.31. The van der Waals surface area contributed by atoms with Gasteiger partial charge in [0.05, 0.1) is 12.2 Å². The maximum atomic E-state index is 12.5. The summed E-state index contributed by atoms with van der Waals surface area (Å²) < 4.78 is 5.22. The summed E-state index contributed by atoms with van der Waals surface area (Å²) in [6.07, 6.45) is 5.14. The molecule has 1 aromatic heterocycles. The summed E-state index contributed by atoms with van der Waals surface area (Å²) in [7, 11) is 0. The number of rotatable bonds is 5.